The van der Waals surface area contributed by atoms with Crippen LogP contribution in [0.2, 0.25) is 5.02 Å². The lowest BCUT2D eigenvalue weighted by atomic mass is 10.1. The molecule has 1 heterocycles. The van der Waals surface area contributed by atoms with E-state index in [1.165, 1.54) is 10.5 Å². The van der Waals surface area contributed by atoms with Crippen molar-refractivity contribution in [2.24, 2.45) is 0 Å². The number of hydrogen-bond acceptors (Lipinski definition) is 2. The van der Waals surface area contributed by atoms with Gasteiger partial charge in [0.25, 0.3) is 5.91 Å². The number of rotatable bonds is 4. The molecule has 0 spiro atoms. The average Bonchev–Trinajstić information content (AvgIpc) is 2.62. The number of methoxy groups -OCH3 is 1. The van der Waals surface area contributed by atoms with Crippen LogP contribution < -0.4 is 9.64 Å². The van der Waals surface area contributed by atoms with Crippen molar-refractivity contribution in [2.75, 3.05) is 33.3 Å². The van der Waals surface area contributed by atoms with Gasteiger partial charge in [0, 0.05) is 16.1 Å². The summed E-state index contributed by atoms with van der Waals surface area (Å²) < 4.78 is 6.25. The number of nitrogens with one attached hydrogen (secondary N) is 1. The first-order valence-electron chi connectivity index (χ1n) is 8.27. The largest absolute Gasteiger partial charge is 0.496 e. The van der Waals surface area contributed by atoms with Crippen LogP contribution >= 0.6 is 27.5 Å². The van der Waals surface area contributed by atoms with Crippen molar-refractivity contribution in [3.05, 3.63) is 63.1 Å². The van der Waals surface area contributed by atoms with Crippen LogP contribution in [-0.2, 0) is 6.54 Å². The molecule has 1 N–H and O–H groups in total. The molecule has 1 fully saturated rings. The summed E-state index contributed by atoms with van der Waals surface area (Å²) in [6.07, 6.45) is 0. The van der Waals surface area contributed by atoms with Gasteiger partial charge in [0.1, 0.15) is 12.3 Å². The zero-order valence-corrected chi connectivity index (χ0v) is 16.4. The predicted molar refractivity (Wildman–Crippen MR) is 102 cm³/mol. The van der Waals surface area contributed by atoms with Gasteiger partial charge in [0.15, 0.2) is 0 Å². The van der Waals surface area contributed by atoms with Crippen molar-refractivity contribution in [1.82, 2.24) is 4.90 Å². The summed E-state index contributed by atoms with van der Waals surface area (Å²) in [5.41, 5.74) is 1.92. The second-order valence-corrected chi connectivity index (χ2v) is 7.49. The van der Waals surface area contributed by atoms with E-state index in [-0.39, 0.29) is 5.91 Å². The van der Waals surface area contributed by atoms with E-state index in [9.17, 15) is 4.79 Å². The van der Waals surface area contributed by atoms with Gasteiger partial charge >= 0.3 is 0 Å². The van der Waals surface area contributed by atoms with Crippen molar-refractivity contribution < 1.29 is 14.4 Å². The van der Waals surface area contributed by atoms with Crippen LogP contribution in [0.4, 0.5) is 0 Å². The zero-order valence-electron chi connectivity index (χ0n) is 14.1. The Balaban J connectivity index is 1.56. The normalized spacial score (nSPS) is 15.2. The molecule has 132 valence electrons. The molecule has 25 heavy (non-hydrogen) atoms. The molecule has 1 aliphatic rings. The third-order valence-electron chi connectivity index (χ3n) is 4.50. The topological polar surface area (TPSA) is 34.0 Å². The molecule has 2 aromatic rings. The van der Waals surface area contributed by atoms with Crippen LogP contribution in [-0.4, -0.2) is 44.1 Å². The number of halogens is 2. The molecular weight excluding hydrogens is 404 g/mol. The van der Waals surface area contributed by atoms with Gasteiger partial charge in [-0.25, -0.2) is 0 Å². The lowest BCUT2D eigenvalue weighted by Crippen LogP contribution is -3.13. The highest BCUT2D eigenvalue weighted by Gasteiger charge is 2.24. The third-order valence-corrected chi connectivity index (χ3v) is 5.35. The number of amides is 1. The molecule has 2 aromatic carbocycles. The van der Waals surface area contributed by atoms with Crippen LogP contribution in [0, 0.1) is 0 Å². The Morgan fingerprint density at radius 3 is 2.64 bits per heavy atom. The van der Waals surface area contributed by atoms with E-state index in [1.807, 2.05) is 23.1 Å². The van der Waals surface area contributed by atoms with E-state index in [4.69, 9.17) is 16.3 Å². The molecule has 0 unspecified atom stereocenters. The molecule has 0 aliphatic carbocycles. The minimum atomic E-state index is 0.0636. The van der Waals surface area contributed by atoms with Gasteiger partial charge in [-0.1, -0.05) is 17.7 Å². The zero-order chi connectivity index (χ0) is 17.8. The quantitative estimate of drug-likeness (QED) is 0.819. The van der Waals surface area contributed by atoms with Crippen molar-refractivity contribution >= 4 is 33.4 Å². The van der Waals surface area contributed by atoms with E-state index in [0.29, 0.717) is 10.6 Å². The summed E-state index contributed by atoms with van der Waals surface area (Å²) in [7, 11) is 1.67. The van der Waals surface area contributed by atoms with Gasteiger partial charge in [0.05, 0.1) is 37.8 Å². The van der Waals surface area contributed by atoms with E-state index >= 15 is 0 Å². The number of piperazine rings is 1. The van der Waals surface area contributed by atoms with E-state index in [1.54, 1.807) is 19.2 Å². The molecule has 6 heteroatoms. The van der Waals surface area contributed by atoms with Crippen molar-refractivity contribution in [1.29, 1.82) is 0 Å². The van der Waals surface area contributed by atoms with Gasteiger partial charge in [-0.15, -0.1) is 0 Å². The van der Waals surface area contributed by atoms with Crippen molar-refractivity contribution in [3.63, 3.8) is 0 Å². The summed E-state index contributed by atoms with van der Waals surface area (Å²) in [4.78, 5) is 16.0. The molecular formula is C19H21BrClN2O2+. The van der Waals surface area contributed by atoms with Crippen molar-refractivity contribution in [3.8, 4) is 5.75 Å². The van der Waals surface area contributed by atoms with Gasteiger partial charge in [-0.2, -0.15) is 0 Å². The summed E-state index contributed by atoms with van der Waals surface area (Å²) >= 11 is 9.52. The van der Waals surface area contributed by atoms with Gasteiger partial charge in [0.2, 0.25) is 0 Å². The lowest BCUT2D eigenvalue weighted by molar-refractivity contribution is -0.917. The molecule has 0 atom stereocenters. The Bertz CT molecular complexity index is 761. The van der Waals surface area contributed by atoms with Crippen molar-refractivity contribution in [2.45, 2.75) is 6.54 Å². The predicted octanol–water partition coefficient (Wildman–Crippen LogP) is 2.65. The Hall–Kier alpha value is -1.56. The number of carbonyl (C=O) groups is 1. The van der Waals surface area contributed by atoms with E-state index in [2.05, 4.69) is 28.1 Å². The van der Waals surface area contributed by atoms with Crippen LogP contribution in [0.3, 0.4) is 0 Å². The SMILES string of the molecule is COc1ccc(C[NH+]2CCN(C(=O)c3cccc(Cl)c3)CC2)cc1Br. The average molecular weight is 425 g/mol. The third kappa shape index (κ3) is 4.54. The second kappa shape index (κ2) is 8.21. The number of ether oxygens (including phenoxy) is 1. The molecule has 3 rings (SSSR count). The highest BCUT2D eigenvalue weighted by Crippen LogP contribution is 2.25. The molecule has 1 amide bonds. The highest BCUT2D eigenvalue weighted by molar-refractivity contribution is 9.10. The first kappa shape index (κ1) is 18.2. The van der Waals surface area contributed by atoms with Gasteiger partial charge < -0.3 is 14.5 Å². The smallest absolute Gasteiger partial charge is 0.254 e. The number of quaternary nitrogens is 1. The number of benzene rings is 2. The summed E-state index contributed by atoms with van der Waals surface area (Å²) in [5, 5.41) is 0.597. The van der Waals surface area contributed by atoms with Crippen LogP contribution in [0.1, 0.15) is 15.9 Å². The van der Waals surface area contributed by atoms with Crippen LogP contribution in [0.5, 0.6) is 5.75 Å². The summed E-state index contributed by atoms with van der Waals surface area (Å²) in [6, 6.07) is 13.3. The van der Waals surface area contributed by atoms with E-state index < -0.39 is 0 Å². The molecule has 0 saturated carbocycles. The minimum absolute atomic E-state index is 0.0636. The first-order chi connectivity index (χ1) is 12.1. The summed E-state index contributed by atoms with van der Waals surface area (Å²) in [6.45, 7) is 4.35. The summed E-state index contributed by atoms with van der Waals surface area (Å²) in [5.74, 6) is 0.907. The number of hydrogen-bond donors (Lipinski definition) is 1. The fourth-order valence-electron chi connectivity index (χ4n) is 3.12. The fourth-order valence-corrected chi connectivity index (χ4v) is 3.89. The Morgan fingerprint density at radius 2 is 2.00 bits per heavy atom. The Kier molecular flexibility index (Phi) is 5.99. The lowest BCUT2D eigenvalue weighted by Gasteiger charge is -2.32. The second-order valence-electron chi connectivity index (χ2n) is 6.20. The molecule has 0 bridgehead atoms. The van der Waals surface area contributed by atoms with Crippen LogP contribution in [0.25, 0.3) is 0 Å². The minimum Gasteiger partial charge on any atom is -0.496 e. The Morgan fingerprint density at radius 1 is 1.24 bits per heavy atom. The standard InChI is InChI=1S/C19H20BrClN2O2/c1-25-18-6-5-14(11-17(18)20)13-22-7-9-23(10-8-22)19(24)15-3-2-4-16(21)12-15/h2-6,11-12H,7-10,13H2,1H3/p+1. The van der Waals surface area contributed by atoms with E-state index in [0.717, 1.165) is 42.9 Å². The highest BCUT2D eigenvalue weighted by atomic mass is 79.9. The molecule has 1 aliphatic heterocycles. The van der Waals surface area contributed by atoms with Gasteiger partial charge in [-0.05, 0) is 52.3 Å². The van der Waals surface area contributed by atoms with Crippen LogP contribution in [0.15, 0.2) is 46.9 Å². The Labute approximate surface area is 161 Å². The monoisotopic (exact) mass is 423 g/mol. The molecule has 0 radical (unpaired) electrons. The molecule has 4 nitrogen and oxygen atoms in total. The maximum atomic E-state index is 12.6. The molecule has 0 aromatic heterocycles. The first-order valence-corrected chi connectivity index (χ1v) is 9.45. The molecule has 1 saturated heterocycles. The van der Waals surface area contributed by atoms with Gasteiger partial charge in [-0.3, -0.25) is 4.79 Å². The maximum Gasteiger partial charge on any atom is 0.254 e. The fraction of sp³-hybridized carbons (Fsp3) is 0.316. The maximum absolute atomic E-state index is 12.6. The number of nitrogens with zero attached hydrogens (tertiary/aromatic N) is 1. The number of carbonyl (C=O) groups excluding carboxylic acids is 1.